The average Bonchev–Trinajstić information content (AvgIpc) is 2.75. The van der Waals surface area contributed by atoms with Crippen LogP contribution >= 0.6 is 24.0 Å². The number of halogens is 4. The number of alkyl halides is 3. The predicted molar refractivity (Wildman–Crippen MR) is 133 cm³/mol. The molecule has 1 heterocycles. The number of carbonyl (C=O) groups is 1. The van der Waals surface area contributed by atoms with Gasteiger partial charge < -0.3 is 20.7 Å². The molecule has 3 rings (SSSR count). The number of benzene rings is 2. The summed E-state index contributed by atoms with van der Waals surface area (Å²) in [5.74, 6) is 0.671. The number of para-hydroxylation sites is 1. The standard InChI is InChI=1S/C23H27F3N4O2.HI/c1-2-27-22(29-13-18-11-21(31)30-20-6-4-3-5-19(18)20)28-12-16-7-9-17(10-8-16)14-32-15-23(24,25)26;/h3-10,18H,2,11-15H2,1H3,(H,30,31)(H2,27,28,29);1H. The summed E-state index contributed by atoms with van der Waals surface area (Å²) in [7, 11) is 0. The van der Waals surface area contributed by atoms with Gasteiger partial charge in [0.05, 0.1) is 13.2 Å². The van der Waals surface area contributed by atoms with Crippen LogP contribution in [0.1, 0.15) is 36.0 Å². The van der Waals surface area contributed by atoms with Gasteiger partial charge in [-0.3, -0.25) is 4.79 Å². The monoisotopic (exact) mass is 576 g/mol. The van der Waals surface area contributed by atoms with Crippen molar-refractivity contribution in [2.45, 2.75) is 38.6 Å². The topological polar surface area (TPSA) is 74.8 Å². The number of hydrogen-bond acceptors (Lipinski definition) is 3. The Morgan fingerprint density at radius 3 is 2.52 bits per heavy atom. The van der Waals surface area contributed by atoms with Gasteiger partial charge in [-0.25, -0.2) is 4.99 Å². The number of anilines is 1. The van der Waals surface area contributed by atoms with E-state index in [1.54, 1.807) is 12.1 Å². The molecule has 0 aliphatic carbocycles. The molecule has 1 amide bonds. The van der Waals surface area contributed by atoms with Crippen molar-refractivity contribution in [2.24, 2.45) is 4.99 Å². The van der Waals surface area contributed by atoms with Crippen LogP contribution in [0.4, 0.5) is 18.9 Å². The Labute approximate surface area is 208 Å². The highest BCUT2D eigenvalue weighted by atomic mass is 127. The van der Waals surface area contributed by atoms with Crippen LogP contribution in [0.5, 0.6) is 0 Å². The van der Waals surface area contributed by atoms with Crippen LogP contribution in [0.2, 0.25) is 0 Å². The zero-order chi connectivity index (χ0) is 23.0. The van der Waals surface area contributed by atoms with Crippen molar-refractivity contribution in [3.8, 4) is 0 Å². The molecule has 180 valence electrons. The first-order chi connectivity index (χ1) is 15.3. The van der Waals surface area contributed by atoms with E-state index in [0.717, 1.165) is 16.8 Å². The summed E-state index contributed by atoms with van der Waals surface area (Å²) in [5, 5.41) is 9.40. The molecule has 0 fully saturated rings. The van der Waals surface area contributed by atoms with Crippen LogP contribution in [0.15, 0.2) is 53.5 Å². The molecule has 1 atom stereocenters. The zero-order valence-electron chi connectivity index (χ0n) is 18.2. The number of aliphatic imine (C=N–C) groups is 1. The molecule has 0 saturated carbocycles. The van der Waals surface area contributed by atoms with Crippen molar-refractivity contribution in [1.29, 1.82) is 0 Å². The molecule has 0 radical (unpaired) electrons. The third-order valence-corrected chi connectivity index (χ3v) is 4.94. The molecule has 3 N–H and O–H groups in total. The molecule has 1 aliphatic rings. The van der Waals surface area contributed by atoms with Crippen LogP contribution < -0.4 is 16.0 Å². The van der Waals surface area contributed by atoms with Gasteiger partial charge >= 0.3 is 6.18 Å². The lowest BCUT2D eigenvalue weighted by Crippen LogP contribution is -2.40. The van der Waals surface area contributed by atoms with Crippen LogP contribution in [0.3, 0.4) is 0 Å². The summed E-state index contributed by atoms with van der Waals surface area (Å²) in [6.07, 6.45) is -3.92. The molecule has 2 aromatic carbocycles. The minimum atomic E-state index is -4.33. The van der Waals surface area contributed by atoms with E-state index in [1.165, 1.54) is 0 Å². The van der Waals surface area contributed by atoms with E-state index in [2.05, 4.69) is 25.7 Å². The highest BCUT2D eigenvalue weighted by molar-refractivity contribution is 14.0. The first-order valence-corrected chi connectivity index (χ1v) is 10.5. The number of carbonyl (C=O) groups excluding carboxylic acids is 1. The summed E-state index contributed by atoms with van der Waals surface area (Å²) < 4.78 is 41.2. The van der Waals surface area contributed by atoms with E-state index >= 15 is 0 Å². The molecule has 0 spiro atoms. The normalized spacial score (nSPS) is 15.8. The highest BCUT2D eigenvalue weighted by Gasteiger charge is 2.27. The number of amides is 1. The number of ether oxygens (including phenoxy) is 1. The third-order valence-electron chi connectivity index (χ3n) is 4.94. The molecule has 1 aliphatic heterocycles. The Balaban J connectivity index is 0.00000385. The second-order valence-corrected chi connectivity index (χ2v) is 7.54. The average molecular weight is 576 g/mol. The first kappa shape index (κ1) is 26.9. The molecule has 0 bridgehead atoms. The summed E-state index contributed by atoms with van der Waals surface area (Å²) in [6.45, 7) is 2.26. The van der Waals surface area contributed by atoms with Crippen molar-refractivity contribution in [3.63, 3.8) is 0 Å². The molecule has 6 nitrogen and oxygen atoms in total. The Morgan fingerprint density at radius 2 is 1.82 bits per heavy atom. The van der Waals surface area contributed by atoms with Gasteiger partial charge in [0.15, 0.2) is 5.96 Å². The Morgan fingerprint density at radius 1 is 1.12 bits per heavy atom. The lowest BCUT2D eigenvalue weighted by molar-refractivity contribution is -0.176. The van der Waals surface area contributed by atoms with Crippen LogP contribution in [0.25, 0.3) is 0 Å². The molecule has 10 heteroatoms. The van der Waals surface area contributed by atoms with Gasteiger partial charge in [-0.15, -0.1) is 24.0 Å². The van der Waals surface area contributed by atoms with Gasteiger partial charge in [-0.1, -0.05) is 42.5 Å². The minimum absolute atomic E-state index is 0. The summed E-state index contributed by atoms with van der Waals surface area (Å²) in [6, 6.07) is 14.9. The molecule has 0 aromatic heterocycles. The van der Waals surface area contributed by atoms with Crippen molar-refractivity contribution in [2.75, 3.05) is 25.0 Å². The van der Waals surface area contributed by atoms with E-state index in [-0.39, 0.29) is 42.4 Å². The Kier molecular flexibility index (Phi) is 10.4. The second kappa shape index (κ2) is 12.8. The zero-order valence-corrected chi connectivity index (χ0v) is 20.6. The minimum Gasteiger partial charge on any atom is -0.367 e. The lowest BCUT2D eigenvalue weighted by atomic mass is 9.90. The fourth-order valence-electron chi connectivity index (χ4n) is 3.44. The van der Waals surface area contributed by atoms with Gasteiger partial charge in [0.25, 0.3) is 0 Å². The van der Waals surface area contributed by atoms with Crippen molar-refractivity contribution < 1.29 is 22.7 Å². The van der Waals surface area contributed by atoms with Crippen LogP contribution in [-0.2, 0) is 22.7 Å². The fourth-order valence-corrected chi connectivity index (χ4v) is 3.44. The number of nitrogens with one attached hydrogen (secondary N) is 3. The lowest BCUT2D eigenvalue weighted by Gasteiger charge is -2.26. The number of nitrogens with zero attached hydrogens (tertiary/aromatic N) is 1. The summed E-state index contributed by atoms with van der Waals surface area (Å²) in [4.78, 5) is 16.6. The van der Waals surface area contributed by atoms with Gasteiger partial charge in [0.2, 0.25) is 5.91 Å². The molecular weight excluding hydrogens is 548 g/mol. The van der Waals surface area contributed by atoms with Crippen molar-refractivity contribution in [1.82, 2.24) is 10.6 Å². The van der Waals surface area contributed by atoms with E-state index in [1.807, 2.05) is 43.3 Å². The van der Waals surface area contributed by atoms with Gasteiger partial charge in [0, 0.05) is 31.1 Å². The Hall–Kier alpha value is -2.34. The molecule has 33 heavy (non-hydrogen) atoms. The van der Waals surface area contributed by atoms with Gasteiger partial charge in [-0.05, 0) is 29.7 Å². The maximum absolute atomic E-state index is 12.2. The molecule has 1 unspecified atom stereocenters. The summed E-state index contributed by atoms with van der Waals surface area (Å²) >= 11 is 0. The number of fused-ring (bicyclic) bond motifs is 1. The van der Waals surface area contributed by atoms with Crippen molar-refractivity contribution >= 4 is 41.5 Å². The van der Waals surface area contributed by atoms with Crippen molar-refractivity contribution in [3.05, 3.63) is 65.2 Å². The maximum atomic E-state index is 12.2. The third kappa shape index (κ3) is 8.84. The number of rotatable bonds is 8. The van der Waals surface area contributed by atoms with E-state index in [0.29, 0.717) is 37.6 Å². The number of guanidine groups is 1. The van der Waals surface area contributed by atoms with Gasteiger partial charge in [0.1, 0.15) is 6.61 Å². The SMILES string of the molecule is CCNC(=NCc1ccc(COCC(F)(F)F)cc1)NCC1CC(=O)Nc2ccccc21.I. The van der Waals surface area contributed by atoms with E-state index in [9.17, 15) is 18.0 Å². The fraction of sp³-hybridized carbons (Fsp3) is 0.391. The largest absolute Gasteiger partial charge is 0.411 e. The highest BCUT2D eigenvalue weighted by Crippen LogP contribution is 2.31. The predicted octanol–water partition coefficient (Wildman–Crippen LogP) is 4.56. The van der Waals surface area contributed by atoms with Crippen LogP contribution in [0, 0.1) is 0 Å². The quantitative estimate of drug-likeness (QED) is 0.245. The van der Waals surface area contributed by atoms with E-state index in [4.69, 9.17) is 0 Å². The molecule has 0 saturated heterocycles. The van der Waals surface area contributed by atoms with Gasteiger partial charge in [-0.2, -0.15) is 13.2 Å². The summed E-state index contributed by atoms with van der Waals surface area (Å²) in [5.41, 5.74) is 3.53. The van der Waals surface area contributed by atoms with Crippen LogP contribution in [-0.4, -0.2) is 37.7 Å². The second-order valence-electron chi connectivity index (χ2n) is 7.54. The molecular formula is C23H28F3IN4O2. The first-order valence-electron chi connectivity index (χ1n) is 10.5. The smallest absolute Gasteiger partial charge is 0.367 e. The molecule has 2 aromatic rings. The Bertz CT molecular complexity index is 936. The van der Waals surface area contributed by atoms with E-state index < -0.39 is 12.8 Å². The maximum Gasteiger partial charge on any atom is 0.411 e. The number of hydrogen-bond donors (Lipinski definition) is 3.